The average molecular weight is 304 g/mol. The third-order valence-electron chi connectivity index (χ3n) is 2.82. The van der Waals surface area contributed by atoms with E-state index >= 15 is 0 Å². The number of benzene rings is 2. The fourth-order valence-corrected chi connectivity index (χ4v) is 2.02. The minimum Gasteiger partial charge on any atom is -0.275 e. The molecule has 0 bridgehead atoms. The first kappa shape index (κ1) is 14.9. The Morgan fingerprint density at radius 1 is 0.905 bits per heavy atom. The lowest BCUT2D eigenvalue weighted by Crippen LogP contribution is -1.99. The van der Waals surface area contributed by atoms with Gasteiger partial charge in [0.25, 0.3) is 5.24 Å². The molecule has 2 aromatic rings. The van der Waals surface area contributed by atoms with Gasteiger partial charge in [-0.15, -0.1) is 0 Å². The number of carbonyl (C=O) groups excluding carboxylic acids is 1. The Balaban J connectivity index is 2.71. The molecule has 21 heavy (non-hydrogen) atoms. The van der Waals surface area contributed by atoms with Gasteiger partial charge < -0.3 is 0 Å². The molecule has 0 amide bonds. The Morgan fingerprint density at radius 2 is 1.29 bits per heavy atom. The number of hydrogen-bond donors (Lipinski definition) is 0. The molecule has 0 heterocycles. The molecule has 0 saturated heterocycles. The van der Waals surface area contributed by atoms with E-state index in [4.69, 9.17) is 16.9 Å². The molecule has 0 saturated carbocycles. The third kappa shape index (κ3) is 3.33. The highest BCUT2D eigenvalue weighted by Crippen LogP contribution is 2.28. The van der Waals surface area contributed by atoms with E-state index in [0.29, 0.717) is 11.1 Å². The summed E-state index contributed by atoms with van der Waals surface area (Å²) in [6, 6.07) is 12.2. The van der Waals surface area contributed by atoms with Crippen LogP contribution in [0.3, 0.4) is 0 Å². The van der Waals surface area contributed by atoms with Gasteiger partial charge in [0.1, 0.15) is 23.3 Å². The molecule has 0 aromatic heterocycles. The number of halogens is 3. The van der Waals surface area contributed by atoms with E-state index in [2.05, 4.69) is 0 Å². The monoisotopic (exact) mass is 303 g/mol. The summed E-state index contributed by atoms with van der Waals surface area (Å²) in [6.07, 6.45) is 0. The molecule has 2 aromatic carbocycles. The van der Waals surface area contributed by atoms with Crippen LogP contribution in [0, 0.1) is 23.0 Å². The molecule has 0 aliphatic carbocycles. The van der Waals surface area contributed by atoms with Crippen LogP contribution in [0.1, 0.15) is 11.1 Å². The van der Waals surface area contributed by atoms with E-state index in [1.807, 2.05) is 0 Å². The first-order valence-electron chi connectivity index (χ1n) is 5.89. The fraction of sp³-hybridized carbons (Fsp3) is 0. The van der Waals surface area contributed by atoms with Crippen LogP contribution >= 0.6 is 11.6 Å². The van der Waals surface area contributed by atoms with Crippen LogP contribution in [-0.4, -0.2) is 5.24 Å². The van der Waals surface area contributed by atoms with E-state index in [9.17, 15) is 13.6 Å². The quantitative estimate of drug-likeness (QED) is 0.487. The van der Waals surface area contributed by atoms with Crippen molar-refractivity contribution in [2.45, 2.75) is 0 Å². The summed E-state index contributed by atoms with van der Waals surface area (Å²) in [6.45, 7) is 0. The molecule has 0 unspecified atom stereocenters. The van der Waals surface area contributed by atoms with Gasteiger partial charge in [-0.05, 0) is 47.0 Å². The molecule has 0 aliphatic rings. The summed E-state index contributed by atoms with van der Waals surface area (Å²) in [4.78, 5) is 11.4. The first-order chi connectivity index (χ1) is 10.0. The van der Waals surface area contributed by atoms with Crippen molar-refractivity contribution in [3.05, 3.63) is 76.9 Å². The average Bonchev–Trinajstić information content (AvgIpc) is 2.46. The summed E-state index contributed by atoms with van der Waals surface area (Å²) in [5, 5.41) is 8.21. The predicted octanol–water partition coefficient (Wildman–Crippen LogP) is 4.06. The van der Waals surface area contributed by atoms with Crippen molar-refractivity contribution in [3.8, 4) is 6.07 Å². The standard InChI is InChI=1S/C16H8ClF2NO/c17-16(21)14(9-20)15(10-1-5-12(18)6-2-10)11-3-7-13(19)8-4-11/h1-8H. The van der Waals surface area contributed by atoms with E-state index in [1.165, 1.54) is 48.5 Å². The minimum atomic E-state index is -0.929. The van der Waals surface area contributed by atoms with Crippen LogP contribution < -0.4 is 0 Å². The Morgan fingerprint density at radius 3 is 1.57 bits per heavy atom. The highest BCUT2D eigenvalue weighted by atomic mass is 35.5. The Bertz CT molecular complexity index is 696. The smallest absolute Gasteiger partial charge is 0.263 e. The fourth-order valence-electron chi connectivity index (χ4n) is 1.89. The second kappa shape index (κ2) is 6.29. The van der Waals surface area contributed by atoms with Crippen LogP contribution in [0.5, 0.6) is 0 Å². The maximum absolute atomic E-state index is 13.0. The topological polar surface area (TPSA) is 40.9 Å². The molecular formula is C16H8ClF2NO. The van der Waals surface area contributed by atoms with Crippen molar-refractivity contribution in [2.75, 3.05) is 0 Å². The molecule has 104 valence electrons. The molecule has 0 atom stereocenters. The Kier molecular flexibility index (Phi) is 4.46. The number of nitrogens with zero attached hydrogens (tertiary/aromatic N) is 1. The summed E-state index contributed by atoms with van der Waals surface area (Å²) in [5.74, 6) is -0.902. The number of hydrogen-bond acceptors (Lipinski definition) is 2. The lowest BCUT2D eigenvalue weighted by Gasteiger charge is -2.10. The maximum atomic E-state index is 13.0. The molecule has 0 radical (unpaired) electrons. The highest BCUT2D eigenvalue weighted by molar-refractivity contribution is 6.69. The van der Waals surface area contributed by atoms with Crippen LogP contribution in [0.15, 0.2) is 54.1 Å². The largest absolute Gasteiger partial charge is 0.275 e. The van der Waals surface area contributed by atoms with Gasteiger partial charge in [-0.3, -0.25) is 4.79 Å². The molecular weight excluding hydrogens is 296 g/mol. The number of rotatable bonds is 3. The zero-order valence-corrected chi connectivity index (χ0v) is 11.4. The van der Waals surface area contributed by atoms with Gasteiger partial charge in [0.05, 0.1) is 0 Å². The summed E-state index contributed by atoms with van der Waals surface area (Å²) in [7, 11) is 0. The van der Waals surface area contributed by atoms with Crippen molar-refractivity contribution >= 4 is 22.4 Å². The zero-order chi connectivity index (χ0) is 15.4. The van der Waals surface area contributed by atoms with E-state index < -0.39 is 16.9 Å². The third-order valence-corrected chi connectivity index (χ3v) is 3.01. The predicted molar refractivity (Wildman–Crippen MR) is 75.3 cm³/mol. The molecule has 0 N–H and O–H groups in total. The molecule has 0 spiro atoms. The van der Waals surface area contributed by atoms with Gasteiger partial charge in [0, 0.05) is 5.57 Å². The molecule has 0 fully saturated rings. The number of carbonyl (C=O) groups is 1. The first-order valence-corrected chi connectivity index (χ1v) is 6.27. The number of allylic oxidation sites excluding steroid dienone is 1. The van der Waals surface area contributed by atoms with Crippen molar-refractivity contribution in [2.24, 2.45) is 0 Å². The maximum Gasteiger partial charge on any atom is 0.263 e. The van der Waals surface area contributed by atoms with Crippen molar-refractivity contribution in [1.29, 1.82) is 5.26 Å². The van der Waals surface area contributed by atoms with Crippen LogP contribution in [-0.2, 0) is 4.79 Å². The van der Waals surface area contributed by atoms with Crippen molar-refractivity contribution < 1.29 is 13.6 Å². The van der Waals surface area contributed by atoms with Gasteiger partial charge in [-0.2, -0.15) is 5.26 Å². The highest BCUT2D eigenvalue weighted by Gasteiger charge is 2.17. The van der Waals surface area contributed by atoms with Crippen LogP contribution in [0.25, 0.3) is 5.57 Å². The van der Waals surface area contributed by atoms with Gasteiger partial charge in [-0.25, -0.2) is 8.78 Å². The molecule has 5 heteroatoms. The zero-order valence-electron chi connectivity index (χ0n) is 10.6. The van der Waals surface area contributed by atoms with Gasteiger partial charge in [0.15, 0.2) is 0 Å². The Labute approximate surface area is 124 Å². The molecule has 2 rings (SSSR count). The summed E-state index contributed by atoms with van der Waals surface area (Å²) < 4.78 is 26.0. The summed E-state index contributed by atoms with van der Waals surface area (Å²) >= 11 is 5.43. The second-order valence-electron chi connectivity index (χ2n) is 4.15. The van der Waals surface area contributed by atoms with E-state index in [-0.39, 0.29) is 11.1 Å². The normalized spacial score (nSPS) is 9.81. The van der Waals surface area contributed by atoms with E-state index in [0.717, 1.165) is 0 Å². The SMILES string of the molecule is N#CC(C(=O)Cl)=C(c1ccc(F)cc1)c1ccc(F)cc1. The van der Waals surface area contributed by atoms with E-state index in [1.54, 1.807) is 6.07 Å². The van der Waals surface area contributed by atoms with Crippen molar-refractivity contribution in [3.63, 3.8) is 0 Å². The second-order valence-corrected chi connectivity index (χ2v) is 4.49. The van der Waals surface area contributed by atoms with Crippen molar-refractivity contribution in [1.82, 2.24) is 0 Å². The lowest BCUT2D eigenvalue weighted by molar-refractivity contribution is -0.108. The van der Waals surface area contributed by atoms with Crippen LogP contribution in [0.4, 0.5) is 8.78 Å². The van der Waals surface area contributed by atoms with Gasteiger partial charge >= 0.3 is 0 Å². The molecule has 2 nitrogen and oxygen atoms in total. The number of nitriles is 1. The molecule has 0 aliphatic heterocycles. The van der Waals surface area contributed by atoms with Gasteiger partial charge in [-0.1, -0.05) is 24.3 Å². The van der Waals surface area contributed by atoms with Gasteiger partial charge in [0.2, 0.25) is 0 Å². The minimum absolute atomic E-state index is 0.234. The lowest BCUT2D eigenvalue weighted by atomic mass is 9.94. The summed E-state index contributed by atoms with van der Waals surface area (Å²) in [5.41, 5.74) is 0.828. The van der Waals surface area contributed by atoms with Crippen LogP contribution in [0.2, 0.25) is 0 Å². The Hall–Kier alpha value is -2.51.